The molecule has 0 bridgehead atoms. The van der Waals surface area contributed by atoms with Gasteiger partial charge >= 0.3 is 0 Å². The van der Waals surface area contributed by atoms with Gasteiger partial charge in [0, 0.05) is 63.2 Å². The number of hydrogen-bond donors (Lipinski definition) is 2. The summed E-state index contributed by atoms with van der Waals surface area (Å²) in [6.45, 7) is 7.09. The lowest BCUT2D eigenvalue weighted by Gasteiger charge is -2.44. The second-order valence-corrected chi connectivity index (χ2v) is 13.2. The molecule has 12 nitrogen and oxygen atoms in total. The lowest BCUT2D eigenvalue weighted by Crippen LogP contribution is -2.60. The second-order valence-electron chi connectivity index (χ2n) is 13.2. The zero-order valence-corrected chi connectivity index (χ0v) is 34.0. The van der Waals surface area contributed by atoms with E-state index in [1.54, 1.807) is 49.8 Å². The maximum Gasteiger partial charge on any atom is 0.258 e. The van der Waals surface area contributed by atoms with Crippen molar-refractivity contribution in [2.24, 2.45) is 0 Å². The van der Waals surface area contributed by atoms with Gasteiger partial charge in [-0.1, -0.05) is 25.5 Å². The van der Waals surface area contributed by atoms with Crippen LogP contribution in [0.1, 0.15) is 52.5 Å². The van der Waals surface area contributed by atoms with E-state index in [1.165, 1.54) is 12.0 Å². The number of methoxy groups -OCH3 is 1. The van der Waals surface area contributed by atoms with E-state index in [2.05, 4.69) is 44.0 Å². The molecule has 3 aromatic carbocycles. The third kappa shape index (κ3) is 9.75. The van der Waals surface area contributed by atoms with E-state index in [4.69, 9.17) is 9.47 Å². The summed E-state index contributed by atoms with van der Waals surface area (Å²) in [7, 11) is 5.23. The van der Waals surface area contributed by atoms with Crippen LogP contribution in [-0.2, 0) is 4.79 Å². The third-order valence-electron chi connectivity index (χ3n) is 9.57. The van der Waals surface area contributed by atoms with E-state index in [9.17, 15) is 14.4 Å². The molecule has 0 spiro atoms. The molecule has 0 aliphatic carbocycles. The Hall–Kier alpha value is -4.72. The van der Waals surface area contributed by atoms with Crippen molar-refractivity contribution in [2.75, 3.05) is 57.6 Å². The number of benzene rings is 3. The number of aldehydes is 1. The van der Waals surface area contributed by atoms with Crippen molar-refractivity contribution in [3.63, 3.8) is 0 Å². The molecule has 55 heavy (non-hydrogen) atoms. The van der Waals surface area contributed by atoms with Crippen molar-refractivity contribution in [3.8, 4) is 22.9 Å². The van der Waals surface area contributed by atoms with Crippen LogP contribution in [0, 0.1) is 6.92 Å². The number of imidazole rings is 1. The summed E-state index contributed by atoms with van der Waals surface area (Å²) in [5.41, 5.74) is 3.44. The molecule has 5 aromatic rings. The van der Waals surface area contributed by atoms with Crippen LogP contribution in [0.4, 0.5) is 11.4 Å². The van der Waals surface area contributed by atoms with Gasteiger partial charge in [0.2, 0.25) is 5.72 Å². The number of halogens is 3. The number of piperazine rings is 1. The highest BCUT2D eigenvalue weighted by Gasteiger charge is 2.41. The second kappa shape index (κ2) is 19.7. The number of aromatic amines is 1. The topological polar surface area (TPSA) is 133 Å². The average molecular weight is 813 g/mol. The lowest BCUT2D eigenvalue weighted by atomic mass is 10.0. The Morgan fingerprint density at radius 2 is 1.76 bits per heavy atom. The molecule has 0 saturated carbocycles. The molecule has 0 radical (unpaired) electrons. The molecule has 1 aliphatic rings. The van der Waals surface area contributed by atoms with Gasteiger partial charge in [0.25, 0.3) is 11.8 Å². The van der Waals surface area contributed by atoms with Crippen LogP contribution in [0.5, 0.6) is 11.5 Å². The number of fused-ring (bicyclic) bond motifs is 1. The molecule has 1 unspecified atom stereocenters. The molecule has 3 heterocycles. The highest BCUT2D eigenvalue weighted by Crippen LogP contribution is 2.36. The van der Waals surface area contributed by atoms with Crippen molar-refractivity contribution in [3.05, 3.63) is 95.8 Å². The number of carbonyl (C=O) groups excluding carboxylic acids is 3. The third-order valence-corrected chi connectivity index (χ3v) is 9.57. The minimum Gasteiger partial charge on any atom is -0.495 e. The van der Waals surface area contributed by atoms with E-state index in [0.717, 1.165) is 43.3 Å². The molecule has 15 heteroatoms. The molecule has 2 amide bonds. The van der Waals surface area contributed by atoms with Gasteiger partial charge in [-0.25, -0.2) is 4.98 Å². The number of nitrogens with zero attached hydrogens (tertiary/aromatic N) is 5. The SMILES string of the molecule is CCCCC(C=O)(Oc1cc(C)ccc1N(C)C(=O)c1ccc(NC(=O)c2cccc3[nH]c(-c4cccnc4)nc23)c(OC)c1)N1CCN(C)CC1.Cl.Cl.Cl. The van der Waals surface area contributed by atoms with Gasteiger partial charge in [-0.2, -0.15) is 0 Å². The van der Waals surface area contributed by atoms with E-state index < -0.39 is 5.72 Å². The molecule has 2 aromatic heterocycles. The summed E-state index contributed by atoms with van der Waals surface area (Å²) in [5.74, 6) is 0.667. The quantitative estimate of drug-likeness (QED) is 0.116. The number of amides is 2. The summed E-state index contributed by atoms with van der Waals surface area (Å²) in [6.07, 6.45) is 6.57. The summed E-state index contributed by atoms with van der Waals surface area (Å²) in [4.78, 5) is 58.5. The van der Waals surface area contributed by atoms with Gasteiger partial charge < -0.3 is 29.6 Å². The predicted octanol–water partition coefficient (Wildman–Crippen LogP) is 7.45. The van der Waals surface area contributed by atoms with Crippen LogP contribution in [0.3, 0.4) is 0 Å². The van der Waals surface area contributed by atoms with Gasteiger partial charge in [-0.05, 0) is 80.6 Å². The molecular formula is C40H48Cl3N7O5. The fourth-order valence-corrected chi connectivity index (χ4v) is 6.49. The van der Waals surface area contributed by atoms with Gasteiger partial charge in [0.1, 0.15) is 22.8 Å². The Kier molecular flexibility index (Phi) is 16.0. The minimum atomic E-state index is -1.16. The first-order valence-electron chi connectivity index (χ1n) is 17.5. The highest BCUT2D eigenvalue weighted by atomic mass is 35.5. The largest absolute Gasteiger partial charge is 0.495 e. The van der Waals surface area contributed by atoms with Crippen molar-refractivity contribution in [1.29, 1.82) is 0 Å². The number of aromatic nitrogens is 3. The molecule has 1 aliphatic heterocycles. The monoisotopic (exact) mass is 811 g/mol. The zero-order valence-electron chi connectivity index (χ0n) is 31.5. The minimum absolute atomic E-state index is 0. The first kappa shape index (κ1) is 44.7. The van der Waals surface area contributed by atoms with Crippen LogP contribution < -0.4 is 19.7 Å². The number of para-hydroxylation sites is 1. The summed E-state index contributed by atoms with van der Waals surface area (Å²) < 4.78 is 12.4. The number of pyridine rings is 1. The number of carbonyl (C=O) groups is 3. The predicted molar refractivity (Wildman–Crippen MR) is 224 cm³/mol. The van der Waals surface area contributed by atoms with Crippen LogP contribution in [-0.4, -0.2) is 96.0 Å². The number of unbranched alkanes of at least 4 members (excludes halogenated alkanes) is 1. The average Bonchev–Trinajstić information content (AvgIpc) is 3.62. The smallest absolute Gasteiger partial charge is 0.258 e. The highest BCUT2D eigenvalue weighted by molar-refractivity contribution is 6.13. The lowest BCUT2D eigenvalue weighted by molar-refractivity contribution is -0.146. The Labute approximate surface area is 340 Å². The van der Waals surface area contributed by atoms with E-state index in [1.807, 2.05) is 43.3 Å². The van der Waals surface area contributed by atoms with Crippen molar-refractivity contribution in [2.45, 2.75) is 38.8 Å². The molecule has 1 saturated heterocycles. The Bertz CT molecular complexity index is 2080. The Morgan fingerprint density at radius 1 is 1.00 bits per heavy atom. The van der Waals surface area contributed by atoms with E-state index in [-0.39, 0.29) is 49.0 Å². The molecule has 6 rings (SSSR count). The number of hydrogen-bond acceptors (Lipinski definition) is 9. The number of H-pyrrole nitrogens is 1. The number of nitrogens with one attached hydrogen (secondary N) is 2. The molecule has 1 fully saturated rings. The summed E-state index contributed by atoms with van der Waals surface area (Å²) in [6, 6.07) is 19.6. The van der Waals surface area contributed by atoms with Crippen LogP contribution in [0.2, 0.25) is 0 Å². The first-order valence-corrected chi connectivity index (χ1v) is 17.5. The maximum absolute atomic E-state index is 14.0. The van der Waals surface area contributed by atoms with Gasteiger partial charge in [-0.3, -0.25) is 24.3 Å². The van der Waals surface area contributed by atoms with Gasteiger partial charge in [0.15, 0.2) is 6.29 Å². The van der Waals surface area contributed by atoms with Gasteiger partial charge in [-0.15, -0.1) is 37.2 Å². The van der Waals surface area contributed by atoms with Crippen LogP contribution in [0.25, 0.3) is 22.4 Å². The molecule has 2 N–H and O–H groups in total. The molecule has 1 atom stereocenters. The van der Waals surface area contributed by atoms with Gasteiger partial charge in [0.05, 0.1) is 29.6 Å². The van der Waals surface area contributed by atoms with E-state index in [0.29, 0.717) is 70.4 Å². The first-order chi connectivity index (χ1) is 25.2. The number of aryl methyl sites for hydroxylation is 1. The Morgan fingerprint density at radius 3 is 2.44 bits per heavy atom. The summed E-state index contributed by atoms with van der Waals surface area (Å²) >= 11 is 0. The normalized spacial score (nSPS) is 14.0. The van der Waals surface area contributed by atoms with Crippen molar-refractivity contribution < 1.29 is 23.9 Å². The van der Waals surface area contributed by atoms with Crippen molar-refractivity contribution >= 4 is 77.7 Å². The van der Waals surface area contributed by atoms with E-state index >= 15 is 0 Å². The molecule has 294 valence electrons. The Balaban J connectivity index is 0.00000271. The van der Waals surface area contributed by atoms with Crippen LogP contribution in [0.15, 0.2) is 79.1 Å². The fraction of sp³-hybridized carbons (Fsp3) is 0.325. The number of anilines is 2. The number of likely N-dealkylation sites (N-methyl/N-ethyl adjacent to an activating group) is 1. The standard InChI is InChI=1S/C40H45N7O5.3ClH/c1-6-7-17-40(26-48,47-21-19-45(3)20-22-47)52-35-23-27(2)13-16-33(35)46(4)39(50)28-14-15-31(34(24-28)51-5)43-38(49)30-11-8-12-32-36(30)44-37(42-32)29-10-9-18-41-25-29;;;/h8-16,18,23-26H,6-7,17,19-22H2,1-5H3,(H,42,44)(H,43,49);3*1H. The van der Waals surface area contributed by atoms with Crippen LogP contribution >= 0.6 is 37.2 Å². The van der Waals surface area contributed by atoms with Crippen molar-refractivity contribution in [1.82, 2.24) is 24.8 Å². The maximum atomic E-state index is 14.0. The zero-order chi connectivity index (χ0) is 36.8. The number of ether oxygens (including phenoxy) is 2. The molecular weight excluding hydrogens is 765 g/mol. The fourth-order valence-electron chi connectivity index (χ4n) is 6.49. The number of rotatable bonds is 13. The summed E-state index contributed by atoms with van der Waals surface area (Å²) in [5, 5.41) is 2.93.